The Balaban J connectivity index is 2.00. The maximum Gasteiger partial charge on any atom is 0.356 e. The zero-order chi connectivity index (χ0) is 14.5. The fourth-order valence-corrected chi connectivity index (χ4v) is 2.21. The van der Waals surface area contributed by atoms with Gasteiger partial charge in [0.1, 0.15) is 5.82 Å². The van der Waals surface area contributed by atoms with E-state index in [0.29, 0.717) is 18.1 Å². The van der Waals surface area contributed by atoms with Gasteiger partial charge in [-0.05, 0) is 19.3 Å². The van der Waals surface area contributed by atoms with Gasteiger partial charge in [-0.1, -0.05) is 13.8 Å². The molecule has 6 heteroatoms. The highest BCUT2D eigenvalue weighted by molar-refractivity contribution is 5.91. The molecule has 110 valence electrons. The smallest absolute Gasteiger partial charge is 0.356 e. The second-order valence-electron chi connectivity index (χ2n) is 5.30. The molecule has 0 radical (unpaired) electrons. The SMILES string of the molecule is CC(C)c1ncc(NCCC2CCCO2)c(C(=O)O)n1. The van der Waals surface area contributed by atoms with Crippen LogP contribution in [0.4, 0.5) is 5.69 Å². The summed E-state index contributed by atoms with van der Waals surface area (Å²) in [5.74, 6) is -0.380. The summed E-state index contributed by atoms with van der Waals surface area (Å²) in [7, 11) is 0. The van der Waals surface area contributed by atoms with Crippen molar-refractivity contribution in [1.29, 1.82) is 0 Å². The number of nitrogens with zero attached hydrogens (tertiary/aromatic N) is 2. The highest BCUT2D eigenvalue weighted by Gasteiger charge is 2.17. The first kappa shape index (κ1) is 14.7. The molecule has 0 saturated carbocycles. The number of ether oxygens (including phenoxy) is 1. The van der Waals surface area contributed by atoms with Crippen molar-refractivity contribution in [1.82, 2.24) is 9.97 Å². The first-order valence-corrected chi connectivity index (χ1v) is 7.03. The number of carboxylic acid groups (broad SMARTS) is 1. The average molecular weight is 279 g/mol. The fraction of sp³-hybridized carbons (Fsp3) is 0.643. The summed E-state index contributed by atoms with van der Waals surface area (Å²) in [6.07, 6.45) is 4.89. The largest absolute Gasteiger partial charge is 0.476 e. The summed E-state index contributed by atoms with van der Waals surface area (Å²) in [5.41, 5.74) is 0.510. The highest BCUT2D eigenvalue weighted by atomic mass is 16.5. The average Bonchev–Trinajstić information content (AvgIpc) is 2.91. The molecule has 0 aliphatic carbocycles. The van der Waals surface area contributed by atoms with Gasteiger partial charge in [-0.25, -0.2) is 14.8 Å². The van der Waals surface area contributed by atoms with Gasteiger partial charge in [-0.15, -0.1) is 0 Å². The second-order valence-corrected chi connectivity index (χ2v) is 5.30. The van der Waals surface area contributed by atoms with Crippen molar-refractivity contribution < 1.29 is 14.6 Å². The van der Waals surface area contributed by atoms with Crippen LogP contribution in [0.15, 0.2) is 6.20 Å². The summed E-state index contributed by atoms with van der Waals surface area (Å²) < 4.78 is 5.53. The molecule has 0 amide bonds. The molecule has 0 spiro atoms. The predicted octanol–water partition coefficient (Wildman–Crippen LogP) is 2.28. The first-order valence-electron chi connectivity index (χ1n) is 7.03. The number of aromatic carboxylic acids is 1. The molecule has 0 bridgehead atoms. The second kappa shape index (κ2) is 6.65. The summed E-state index contributed by atoms with van der Waals surface area (Å²) in [6.45, 7) is 5.36. The molecule has 1 atom stereocenters. The van der Waals surface area contributed by atoms with Crippen molar-refractivity contribution in [2.75, 3.05) is 18.5 Å². The third kappa shape index (κ3) is 3.66. The first-order chi connectivity index (χ1) is 9.58. The number of hydrogen-bond donors (Lipinski definition) is 2. The van der Waals surface area contributed by atoms with Crippen LogP contribution in [0, 0.1) is 0 Å². The molecule has 1 aliphatic heterocycles. The van der Waals surface area contributed by atoms with Gasteiger partial charge in [0.2, 0.25) is 0 Å². The fourth-order valence-electron chi connectivity index (χ4n) is 2.21. The Morgan fingerprint density at radius 2 is 2.40 bits per heavy atom. The molecule has 2 rings (SSSR count). The van der Waals surface area contributed by atoms with Crippen molar-refractivity contribution in [3.8, 4) is 0 Å². The van der Waals surface area contributed by atoms with E-state index in [1.165, 1.54) is 0 Å². The monoisotopic (exact) mass is 279 g/mol. The van der Waals surface area contributed by atoms with Gasteiger partial charge in [0, 0.05) is 19.1 Å². The van der Waals surface area contributed by atoms with E-state index in [9.17, 15) is 9.90 Å². The van der Waals surface area contributed by atoms with E-state index in [0.717, 1.165) is 25.9 Å². The number of nitrogens with one attached hydrogen (secondary N) is 1. The number of aromatic nitrogens is 2. The van der Waals surface area contributed by atoms with Gasteiger partial charge in [0.15, 0.2) is 5.69 Å². The van der Waals surface area contributed by atoms with E-state index >= 15 is 0 Å². The quantitative estimate of drug-likeness (QED) is 0.831. The normalized spacial score (nSPS) is 18.4. The topological polar surface area (TPSA) is 84.3 Å². The zero-order valence-electron chi connectivity index (χ0n) is 11.9. The molecule has 1 aliphatic rings. The van der Waals surface area contributed by atoms with Crippen molar-refractivity contribution in [3.63, 3.8) is 0 Å². The van der Waals surface area contributed by atoms with E-state index in [1.54, 1.807) is 6.20 Å². The van der Waals surface area contributed by atoms with Gasteiger partial charge in [0.05, 0.1) is 18.0 Å². The molecule has 1 aromatic heterocycles. The van der Waals surface area contributed by atoms with Crippen molar-refractivity contribution in [2.45, 2.75) is 45.1 Å². The molecule has 20 heavy (non-hydrogen) atoms. The lowest BCUT2D eigenvalue weighted by Gasteiger charge is -2.13. The molecule has 2 heterocycles. The van der Waals surface area contributed by atoms with Crippen LogP contribution >= 0.6 is 0 Å². The van der Waals surface area contributed by atoms with E-state index < -0.39 is 5.97 Å². The molecule has 1 saturated heterocycles. The lowest BCUT2D eigenvalue weighted by molar-refractivity contribution is 0.0691. The van der Waals surface area contributed by atoms with Crippen LogP contribution in [-0.2, 0) is 4.74 Å². The van der Waals surface area contributed by atoms with Gasteiger partial charge < -0.3 is 15.2 Å². The Labute approximate surface area is 118 Å². The maximum atomic E-state index is 11.3. The Morgan fingerprint density at radius 3 is 3.00 bits per heavy atom. The van der Waals surface area contributed by atoms with Crippen LogP contribution < -0.4 is 5.32 Å². The van der Waals surface area contributed by atoms with Crippen LogP contribution in [0.5, 0.6) is 0 Å². The minimum atomic E-state index is -1.03. The molecule has 1 fully saturated rings. The Kier molecular flexibility index (Phi) is 4.89. The number of carboxylic acids is 1. The zero-order valence-corrected chi connectivity index (χ0v) is 11.9. The van der Waals surface area contributed by atoms with Crippen molar-refractivity contribution in [2.24, 2.45) is 0 Å². The molecule has 6 nitrogen and oxygen atoms in total. The number of anilines is 1. The van der Waals surface area contributed by atoms with Gasteiger partial charge in [-0.3, -0.25) is 0 Å². The molecule has 1 unspecified atom stereocenters. The number of hydrogen-bond acceptors (Lipinski definition) is 5. The summed E-state index contributed by atoms with van der Waals surface area (Å²) in [4.78, 5) is 19.6. The van der Waals surface area contributed by atoms with Gasteiger partial charge in [-0.2, -0.15) is 0 Å². The lowest BCUT2D eigenvalue weighted by atomic mass is 10.2. The molecule has 0 aromatic carbocycles. The highest BCUT2D eigenvalue weighted by Crippen LogP contribution is 2.18. The number of carbonyl (C=O) groups is 1. The van der Waals surface area contributed by atoms with Crippen LogP contribution in [0.3, 0.4) is 0 Å². The van der Waals surface area contributed by atoms with Gasteiger partial charge >= 0.3 is 5.97 Å². The van der Waals surface area contributed by atoms with Crippen LogP contribution in [0.1, 0.15) is 55.3 Å². The Morgan fingerprint density at radius 1 is 1.60 bits per heavy atom. The standard InChI is InChI=1S/C14H21N3O3/c1-9(2)13-16-8-11(12(17-13)14(18)19)15-6-5-10-4-3-7-20-10/h8-10,15H,3-7H2,1-2H3,(H,18,19). The van der Waals surface area contributed by atoms with Crippen LogP contribution in [0.25, 0.3) is 0 Å². The summed E-state index contributed by atoms with van der Waals surface area (Å²) in [5, 5.41) is 12.3. The minimum absolute atomic E-state index is 0.0380. The van der Waals surface area contributed by atoms with Crippen LogP contribution in [-0.4, -0.2) is 40.3 Å². The lowest BCUT2D eigenvalue weighted by Crippen LogP contribution is -2.16. The van der Waals surface area contributed by atoms with E-state index in [2.05, 4.69) is 15.3 Å². The molecule has 2 N–H and O–H groups in total. The van der Waals surface area contributed by atoms with E-state index in [-0.39, 0.29) is 17.7 Å². The minimum Gasteiger partial charge on any atom is -0.476 e. The molecular weight excluding hydrogens is 258 g/mol. The maximum absolute atomic E-state index is 11.3. The van der Waals surface area contributed by atoms with E-state index in [4.69, 9.17) is 4.74 Å². The molecule has 1 aromatic rings. The van der Waals surface area contributed by atoms with Crippen molar-refractivity contribution >= 4 is 11.7 Å². The number of rotatable bonds is 6. The third-order valence-electron chi connectivity index (χ3n) is 3.33. The Hall–Kier alpha value is -1.69. The van der Waals surface area contributed by atoms with Crippen molar-refractivity contribution in [3.05, 3.63) is 17.7 Å². The third-order valence-corrected chi connectivity index (χ3v) is 3.33. The summed E-state index contributed by atoms with van der Waals surface area (Å²) >= 11 is 0. The summed E-state index contributed by atoms with van der Waals surface area (Å²) in [6, 6.07) is 0. The van der Waals surface area contributed by atoms with Gasteiger partial charge in [0.25, 0.3) is 0 Å². The molecular formula is C14H21N3O3. The predicted molar refractivity (Wildman–Crippen MR) is 75.2 cm³/mol. The Bertz CT molecular complexity index is 471. The van der Waals surface area contributed by atoms with Crippen LogP contribution in [0.2, 0.25) is 0 Å². The van der Waals surface area contributed by atoms with E-state index in [1.807, 2.05) is 13.8 Å².